The van der Waals surface area contributed by atoms with Crippen molar-refractivity contribution in [1.29, 1.82) is 0 Å². The topological polar surface area (TPSA) is 145 Å². The van der Waals surface area contributed by atoms with Crippen molar-refractivity contribution in [2.75, 3.05) is 11.9 Å². The molecule has 0 radical (unpaired) electrons. The summed E-state index contributed by atoms with van der Waals surface area (Å²) < 4.78 is 20.9. The number of hydrogen-bond acceptors (Lipinski definition) is 9. The van der Waals surface area contributed by atoms with Crippen molar-refractivity contribution in [1.82, 2.24) is 0 Å². The van der Waals surface area contributed by atoms with E-state index in [-0.39, 0.29) is 23.6 Å². The SMILES string of the molecule is CC(=O)Nc1cc2ccc(OC3O[C@H](COC(C)=O)C(O)C3O)cc2oc1=O. The Hall–Kier alpha value is -2.95. The minimum atomic E-state index is -1.37. The number of carbonyl (C=O) groups excluding carboxylic acids is 2. The number of amides is 1. The van der Waals surface area contributed by atoms with Crippen LogP contribution in [-0.4, -0.2) is 53.3 Å². The van der Waals surface area contributed by atoms with E-state index in [0.717, 1.165) is 0 Å². The number of rotatable bonds is 5. The second-order valence-corrected chi connectivity index (χ2v) is 6.27. The third kappa shape index (κ3) is 4.30. The fourth-order valence-electron chi connectivity index (χ4n) is 2.72. The molecule has 10 heteroatoms. The van der Waals surface area contributed by atoms with Gasteiger partial charge in [-0.15, -0.1) is 0 Å². The Morgan fingerprint density at radius 1 is 1.18 bits per heavy atom. The lowest BCUT2D eigenvalue weighted by atomic mass is 10.1. The number of nitrogens with one attached hydrogen (secondary N) is 1. The van der Waals surface area contributed by atoms with Crippen molar-refractivity contribution >= 4 is 28.5 Å². The van der Waals surface area contributed by atoms with Gasteiger partial charge in [0.05, 0.1) is 0 Å². The van der Waals surface area contributed by atoms with Gasteiger partial charge in [-0.1, -0.05) is 0 Å². The molecule has 0 aliphatic carbocycles. The van der Waals surface area contributed by atoms with Crippen molar-refractivity contribution in [2.45, 2.75) is 38.4 Å². The number of esters is 1. The van der Waals surface area contributed by atoms with Gasteiger partial charge >= 0.3 is 11.6 Å². The monoisotopic (exact) mass is 393 g/mol. The van der Waals surface area contributed by atoms with Gasteiger partial charge in [-0.25, -0.2) is 4.79 Å². The first-order chi connectivity index (χ1) is 13.2. The highest BCUT2D eigenvalue weighted by atomic mass is 16.7. The summed E-state index contributed by atoms with van der Waals surface area (Å²) in [7, 11) is 0. The Bertz CT molecular complexity index is 954. The minimum Gasteiger partial charge on any atom is -0.463 e. The van der Waals surface area contributed by atoms with Gasteiger partial charge in [0, 0.05) is 25.3 Å². The third-order valence-electron chi connectivity index (χ3n) is 4.04. The molecule has 3 unspecified atom stereocenters. The summed E-state index contributed by atoms with van der Waals surface area (Å²) >= 11 is 0. The minimum absolute atomic E-state index is 0.0136. The molecule has 4 atom stereocenters. The molecule has 1 amide bonds. The van der Waals surface area contributed by atoms with E-state index < -0.39 is 42.1 Å². The molecule has 1 aromatic carbocycles. The van der Waals surface area contributed by atoms with Gasteiger partial charge in [0.1, 0.15) is 41.9 Å². The van der Waals surface area contributed by atoms with Gasteiger partial charge in [0.15, 0.2) is 0 Å². The van der Waals surface area contributed by atoms with Crippen LogP contribution >= 0.6 is 0 Å². The molecule has 28 heavy (non-hydrogen) atoms. The Kier molecular flexibility index (Phi) is 5.63. The van der Waals surface area contributed by atoms with E-state index in [1.807, 2.05) is 0 Å². The van der Waals surface area contributed by atoms with Crippen molar-refractivity contribution in [2.24, 2.45) is 0 Å². The molecule has 1 aliphatic rings. The maximum atomic E-state index is 11.9. The van der Waals surface area contributed by atoms with Crippen molar-refractivity contribution in [3.8, 4) is 5.75 Å². The predicted molar refractivity (Wildman–Crippen MR) is 94.7 cm³/mol. The first-order valence-corrected chi connectivity index (χ1v) is 8.41. The molecule has 1 aliphatic heterocycles. The van der Waals surface area contributed by atoms with Gasteiger partial charge < -0.3 is 34.2 Å². The quantitative estimate of drug-likeness (QED) is 0.477. The first kappa shape index (κ1) is 19.8. The summed E-state index contributed by atoms with van der Waals surface area (Å²) in [5.41, 5.74) is -0.519. The van der Waals surface area contributed by atoms with Crippen molar-refractivity contribution in [3.05, 3.63) is 34.7 Å². The first-order valence-electron chi connectivity index (χ1n) is 8.41. The zero-order valence-corrected chi connectivity index (χ0v) is 15.1. The summed E-state index contributed by atoms with van der Waals surface area (Å²) in [6.45, 7) is 2.26. The molecular formula is C18H19NO9. The zero-order valence-electron chi connectivity index (χ0n) is 15.1. The van der Waals surface area contributed by atoms with Crippen LogP contribution in [0, 0.1) is 0 Å². The number of aliphatic hydroxyl groups excluding tert-OH is 2. The largest absolute Gasteiger partial charge is 0.463 e. The summed E-state index contributed by atoms with van der Waals surface area (Å²) in [6, 6.07) is 6.01. The standard InChI is InChI=1S/C18H19NO9/c1-8(20)19-12-5-10-3-4-11(6-13(10)27-17(12)24)26-18-16(23)15(22)14(28-18)7-25-9(2)21/h3-6,14-16,18,22-23H,7H2,1-2H3,(H,19,20)/t14-,15?,16?,18?/m1/s1. The number of hydrogen-bond donors (Lipinski definition) is 3. The van der Waals surface area contributed by atoms with E-state index in [2.05, 4.69) is 5.32 Å². The lowest BCUT2D eigenvalue weighted by Crippen LogP contribution is -2.36. The average molecular weight is 393 g/mol. The second kappa shape index (κ2) is 7.97. The molecule has 0 bridgehead atoms. The summed E-state index contributed by atoms with van der Waals surface area (Å²) in [4.78, 5) is 33.9. The lowest BCUT2D eigenvalue weighted by molar-refractivity contribution is -0.151. The van der Waals surface area contributed by atoms with Crippen LogP contribution in [-0.2, 0) is 19.1 Å². The summed E-state index contributed by atoms with van der Waals surface area (Å²) in [5.74, 6) is -0.731. The van der Waals surface area contributed by atoms with E-state index in [9.17, 15) is 24.6 Å². The Morgan fingerprint density at radius 2 is 1.93 bits per heavy atom. The highest BCUT2D eigenvalue weighted by Gasteiger charge is 2.44. The van der Waals surface area contributed by atoms with Crippen LogP contribution in [0.1, 0.15) is 13.8 Å². The van der Waals surface area contributed by atoms with Crippen LogP contribution < -0.4 is 15.7 Å². The molecule has 2 aromatic rings. The Labute approximate surface area is 158 Å². The summed E-state index contributed by atoms with van der Waals surface area (Å²) in [5, 5.41) is 23.0. The van der Waals surface area contributed by atoms with Gasteiger partial charge in [0.2, 0.25) is 12.2 Å². The highest BCUT2D eigenvalue weighted by Crippen LogP contribution is 2.27. The van der Waals surface area contributed by atoms with Gasteiger partial charge in [-0.3, -0.25) is 9.59 Å². The van der Waals surface area contributed by atoms with E-state index in [4.69, 9.17) is 18.6 Å². The average Bonchev–Trinajstić information content (AvgIpc) is 2.88. The van der Waals surface area contributed by atoms with E-state index in [1.165, 1.54) is 26.0 Å². The molecular weight excluding hydrogens is 374 g/mol. The molecule has 0 saturated carbocycles. The van der Waals surface area contributed by atoms with Crippen LogP contribution in [0.15, 0.2) is 33.5 Å². The smallest absolute Gasteiger partial charge is 0.360 e. The molecule has 150 valence electrons. The zero-order chi connectivity index (χ0) is 20.4. The normalized spacial score (nSPS) is 24.1. The van der Waals surface area contributed by atoms with E-state index in [0.29, 0.717) is 5.39 Å². The number of carbonyl (C=O) groups is 2. The lowest BCUT2D eigenvalue weighted by Gasteiger charge is -2.17. The van der Waals surface area contributed by atoms with Crippen LogP contribution in [0.2, 0.25) is 0 Å². The maximum absolute atomic E-state index is 11.9. The number of fused-ring (bicyclic) bond motifs is 1. The second-order valence-electron chi connectivity index (χ2n) is 6.27. The van der Waals surface area contributed by atoms with Crippen molar-refractivity contribution < 1.29 is 38.4 Å². The number of benzene rings is 1. The van der Waals surface area contributed by atoms with Gasteiger partial charge in [-0.05, 0) is 18.2 Å². The molecule has 3 rings (SSSR count). The molecule has 1 fully saturated rings. The summed E-state index contributed by atoms with van der Waals surface area (Å²) in [6.07, 6.45) is -4.82. The van der Waals surface area contributed by atoms with Gasteiger partial charge in [-0.2, -0.15) is 0 Å². The fraction of sp³-hybridized carbons (Fsp3) is 0.389. The van der Waals surface area contributed by atoms with Gasteiger partial charge in [0.25, 0.3) is 0 Å². The van der Waals surface area contributed by atoms with Crippen LogP contribution in [0.5, 0.6) is 5.75 Å². The molecule has 1 saturated heterocycles. The Morgan fingerprint density at radius 3 is 2.61 bits per heavy atom. The van der Waals surface area contributed by atoms with E-state index >= 15 is 0 Å². The number of anilines is 1. The molecule has 0 spiro atoms. The maximum Gasteiger partial charge on any atom is 0.360 e. The molecule has 3 N–H and O–H groups in total. The third-order valence-corrected chi connectivity index (χ3v) is 4.04. The number of ether oxygens (including phenoxy) is 3. The van der Waals surface area contributed by atoms with Crippen LogP contribution in [0.4, 0.5) is 5.69 Å². The van der Waals surface area contributed by atoms with Crippen LogP contribution in [0.3, 0.4) is 0 Å². The number of aliphatic hydroxyl groups is 2. The Balaban J connectivity index is 1.76. The fourth-order valence-corrected chi connectivity index (χ4v) is 2.72. The highest BCUT2D eigenvalue weighted by molar-refractivity contribution is 5.91. The van der Waals surface area contributed by atoms with Crippen molar-refractivity contribution in [3.63, 3.8) is 0 Å². The molecule has 2 heterocycles. The molecule has 10 nitrogen and oxygen atoms in total. The molecule has 1 aromatic heterocycles. The predicted octanol–water partition coefficient (Wildman–Crippen LogP) is 0.140. The van der Waals surface area contributed by atoms with E-state index in [1.54, 1.807) is 12.1 Å². The van der Waals surface area contributed by atoms with Crippen LogP contribution in [0.25, 0.3) is 11.0 Å².